The van der Waals surface area contributed by atoms with E-state index in [1.54, 1.807) is 31.5 Å². The first kappa shape index (κ1) is 32.7. The molecule has 0 spiro atoms. The number of methoxy groups -OCH3 is 1. The molecule has 2 aromatic heterocycles. The predicted molar refractivity (Wildman–Crippen MR) is 168 cm³/mol. The number of benzene rings is 2. The third kappa shape index (κ3) is 9.39. The van der Waals surface area contributed by atoms with Crippen LogP contribution in [0, 0.1) is 5.82 Å². The standard InChI is InChI=1S/C29H34FN6O7PS/c1-41-25-15-23-24(16-26(25)42-11-4-10-36-9-3-7-21(36)8-12-43-44(38,39)40)32-18-33-28(23)35-29-31-17-22(45-29)14-27(37)34-20-6-2-5-19(30)13-20/h2,5-6,13,15-18,21H,3-4,7-12,14H2,1H3,(H,34,37)(H2,38,39,40)(H,31,32,33,35). The van der Waals surface area contributed by atoms with E-state index in [0.29, 0.717) is 56.9 Å². The Hall–Kier alpha value is -3.72. The lowest BCUT2D eigenvalue weighted by Gasteiger charge is -2.24. The molecule has 0 aliphatic carbocycles. The molecule has 5 rings (SSSR count). The van der Waals surface area contributed by atoms with Crippen LogP contribution in [0.3, 0.4) is 0 Å². The van der Waals surface area contributed by atoms with Crippen LogP contribution in [0.25, 0.3) is 10.9 Å². The van der Waals surface area contributed by atoms with Crippen molar-refractivity contribution in [1.29, 1.82) is 0 Å². The largest absolute Gasteiger partial charge is 0.493 e. The van der Waals surface area contributed by atoms with Gasteiger partial charge in [0.05, 0.1) is 32.3 Å². The zero-order chi connectivity index (χ0) is 31.8. The Bertz CT molecular complexity index is 1670. The number of likely N-dealkylation sites (tertiary alicyclic amines) is 1. The van der Waals surface area contributed by atoms with Crippen LogP contribution in [0.4, 0.5) is 21.0 Å². The van der Waals surface area contributed by atoms with E-state index < -0.39 is 13.6 Å². The van der Waals surface area contributed by atoms with E-state index in [4.69, 9.17) is 19.3 Å². The number of aromatic nitrogens is 3. The quantitative estimate of drug-likeness (QED) is 0.101. The Morgan fingerprint density at radius 2 is 2.04 bits per heavy atom. The van der Waals surface area contributed by atoms with Crippen molar-refractivity contribution in [1.82, 2.24) is 19.9 Å². The van der Waals surface area contributed by atoms with Gasteiger partial charge >= 0.3 is 7.82 Å². The maximum Gasteiger partial charge on any atom is 0.469 e. The van der Waals surface area contributed by atoms with Crippen molar-refractivity contribution in [2.45, 2.75) is 38.1 Å². The molecule has 1 saturated heterocycles. The van der Waals surface area contributed by atoms with Crippen LogP contribution >= 0.6 is 19.2 Å². The highest BCUT2D eigenvalue weighted by atomic mass is 32.1. The minimum absolute atomic E-state index is 0.0216. The number of carbonyl (C=O) groups is 1. The van der Waals surface area contributed by atoms with Gasteiger partial charge in [0, 0.05) is 40.8 Å². The average Bonchev–Trinajstić information content (AvgIpc) is 3.63. The van der Waals surface area contributed by atoms with Crippen LogP contribution in [0.5, 0.6) is 11.5 Å². The van der Waals surface area contributed by atoms with Gasteiger partial charge < -0.3 is 34.8 Å². The summed E-state index contributed by atoms with van der Waals surface area (Å²) in [6.07, 6.45) is 6.44. The van der Waals surface area contributed by atoms with E-state index in [-0.39, 0.29) is 25.0 Å². The molecular weight excluding hydrogens is 626 g/mol. The number of phosphoric acid groups is 1. The zero-order valence-corrected chi connectivity index (χ0v) is 26.2. The SMILES string of the molecule is COc1cc2c(Nc3ncc(CC(=O)Nc4cccc(F)c4)s3)ncnc2cc1OCCCN1CCCC1CCOP(=O)(O)O. The third-order valence-corrected chi connectivity index (χ3v) is 8.63. The first-order chi connectivity index (χ1) is 21.7. The Morgan fingerprint density at radius 3 is 2.84 bits per heavy atom. The summed E-state index contributed by atoms with van der Waals surface area (Å²) in [5.41, 5.74) is 1.02. The van der Waals surface area contributed by atoms with Gasteiger partial charge in [-0.05, 0) is 56.5 Å². The number of phosphoric ester groups is 1. The second-order valence-electron chi connectivity index (χ2n) is 10.4. The molecule has 0 bridgehead atoms. The molecule has 0 saturated carbocycles. The number of nitrogens with zero attached hydrogens (tertiary/aromatic N) is 4. The summed E-state index contributed by atoms with van der Waals surface area (Å²) in [5, 5.41) is 7.11. The van der Waals surface area contributed by atoms with Gasteiger partial charge in [-0.15, -0.1) is 11.3 Å². The number of hydrogen-bond acceptors (Lipinski definition) is 11. The summed E-state index contributed by atoms with van der Waals surface area (Å²) in [4.78, 5) is 46.4. The first-order valence-electron chi connectivity index (χ1n) is 14.3. The second kappa shape index (κ2) is 15.0. The number of fused-ring (bicyclic) bond motifs is 1. The number of amides is 1. The zero-order valence-electron chi connectivity index (χ0n) is 24.5. The molecule has 1 atom stereocenters. The molecule has 0 radical (unpaired) electrons. The molecule has 3 heterocycles. The van der Waals surface area contributed by atoms with Gasteiger partial charge in [-0.25, -0.2) is 23.9 Å². The summed E-state index contributed by atoms with van der Waals surface area (Å²) < 4.78 is 40.7. The lowest BCUT2D eigenvalue weighted by Crippen LogP contribution is -2.32. The van der Waals surface area contributed by atoms with Gasteiger partial charge in [-0.1, -0.05) is 6.07 Å². The van der Waals surface area contributed by atoms with Gasteiger partial charge in [-0.2, -0.15) is 0 Å². The smallest absolute Gasteiger partial charge is 0.469 e. The van der Waals surface area contributed by atoms with Gasteiger partial charge in [-0.3, -0.25) is 9.32 Å². The van der Waals surface area contributed by atoms with Gasteiger partial charge in [0.25, 0.3) is 0 Å². The van der Waals surface area contributed by atoms with E-state index in [9.17, 15) is 13.8 Å². The van der Waals surface area contributed by atoms with E-state index in [2.05, 4.69) is 35.0 Å². The van der Waals surface area contributed by atoms with E-state index in [1.165, 1.54) is 35.9 Å². The fourth-order valence-corrected chi connectivity index (χ4v) is 6.34. The molecule has 13 nitrogen and oxygen atoms in total. The van der Waals surface area contributed by atoms with Gasteiger partial charge in [0.15, 0.2) is 16.6 Å². The maximum atomic E-state index is 13.4. The van der Waals surface area contributed by atoms with E-state index in [1.807, 2.05) is 0 Å². The lowest BCUT2D eigenvalue weighted by molar-refractivity contribution is -0.115. The van der Waals surface area contributed by atoms with Crippen LogP contribution < -0.4 is 20.1 Å². The first-order valence-corrected chi connectivity index (χ1v) is 16.7. The molecular formula is C29H34FN6O7PS. The highest BCUT2D eigenvalue weighted by Gasteiger charge is 2.25. The third-order valence-electron chi connectivity index (χ3n) is 7.20. The second-order valence-corrected chi connectivity index (χ2v) is 12.7. The fraction of sp³-hybridized carbons (Fsp3) is 0.379. The molecule has 1 amide bonds. The van der Waals surface area contributed by atoms with Crippen LogP contribution in [0.1, 0.15) is 30.6 Å². The highest BCUT2D eigenvalue weighted by Crippen LogP contribution is 2.37. The number of anilines is 3. The number of halogens is 1. The summed E-state index contributed by atoms with van der Waals surface area (Å²) in [7, 11) is -2.90. The Balaban J connectivity index is 1.16. The minimum Gasteiger partial charge on any atom is -0.493 e. The van der Waals surface area contributed by atoms with Crippen LogP contribution in [-0.2, 0) is 20.3 Å². The monoisotopic (exact) mass is 660 g/mol. The Labute approximate surface area is 263 Å². The van der Waals surface area contributed by atoms with Crippen LogP contribution in [0.2, 0.25) is 0 Å². The topological polar surface area (TPSA) is 168 Å². The Kier molecular flexibility index (Phi) is 10.9. The van der Waals surface area contributed by atoms with E-state index in [0.717, 1.165) is 32.4 Å². The summed E-state index contributed by atoms with van der Waals surface area (Å²) in [6, 6.07) is 9.53. The molecule has 1 unspecified atom stereocenters. The van der Waals surface area contributed by atoms with Gasteiger partial charge in [0.1, 0.15) is 18.0 Å². The predicted octanol–water partition coefficient (Wildman–Crippen LogP) is 4.89. The molecule has 45 heavy (non-hydrogen) atoms. The van der Waals surface area contributed by atoms with Crippen molar-refractivity contribution in [2.24, 2.45) is 0 Å². The van der Waals surface area contributed by atoms with Crippen molar-refractivity contribution >= 4 is 52.6 Å². The number of hydrogen-bond donors (Lipinski definition) is 4. The van der Waals surface area contributed by atoms with Gasteiger partial charge in [0.2, 0.25) is 5.91 Å². The molecule has 2 aromatic carbocycles. The van der Waals surface area contributed by atoms with Crippen molar-refractivity contribution in [3.63, 3.8) is 0 Å². The van der Waals surface area contributed by atoms with Crippen molar-refractivity contribution in [2.75, 3.05) is 44.0 Å². The number of carbonyl (C=O) groups excluding carboxylic acids is 1. The molecule has 4 aromatic rings. The summed E-state index contributed by atoms with van der Waals surface area (Å²) in [5.74, 6) is 0.862. The average molecular weight is 661 g/mol. The van der Waals surface area contributed by atoms with Crippen LogP contribution in [-0.4, -0.2) is 75.0 Å². The number of thiazole rings is 1. The Morgan fingerprint density at radius 1 is 1.18 bits per heavy atom. The summed E-state index contributed by atoms with van der Waals surface area (Å²) in [6.45, 7) is 2.17. The highest BCUT2D eigenvalue weighted by molar-refractivity contribution is 7.46. The van der Waals surface area contributed by atoms with E-state index >= 15 is 0 Å². The molecule has 1 fully saturated rings. The van der Waals surface area contributed by atoms with Crippen molar-refractivity contribution in [3.8, 4) is 11.5 Å². The minimum atomic E-state index is -4.45. The molecule has 4 N–H and O–H groups in total. The number of ether oxygens (including phenoxy) is 2. The van der Waals surface area contributed by atoms with Crippen molar-refractivity contribution < 1.29 is 37.5 Å². The van der Waals surface area contributed by atoms with Crippen LogP contribution in [0.15, 0.2) is 48.9 Å². The molecule has 1 aliphatic heterocycles. The number of rotatable bonds is 15. The normalized spacial score (nSPS) is 15.3. The molecule has 1 aliphatic rings. The lowest BCUT2D eigenvalue weighted by atomic mass is 10.1. The van der Waals surface area contributed by atoms with Crippen molar-refractivity contribution in [3.05, 3.63) is 59.6 Å². The molecule has 16 heteroatoms. The molecule has 240 valence electrons. The summed E-state index contributed by atoms with van der Waals surface area (Å²) >= 11 is 1.30. The fourth-order valence-electron chi connectivity index (χ4n) is 5.19. The number of nitrogens with one attached hydrogen (secondary N) is 2. The maximum absolute atomic E-state index is 13.4.